The molecule has 1 aromatic carbocycles. The zero-order valence-corrected chi connectivity index (χ0v) is 10.3. The fourth-order valence-electron chi connectivity index (χ4n) is 1.49. The molecule has 2 rings (SSSR count). The second-order valence-electron chi connectivity index (χ2n) is 3.56. The molecular formula is C13H12F2O2S. The number of rotatable bonds is 6. The number of thioether (sulfide) groups is 1. The first-order chi connectivity index (χ1) is 8.75. The number of benzene rings is 1. The van der Waals surface area contributed by atoms with Gasteiger partial charge in [-0.1, -0.05) is 18.2 Å². The predicted molar refractivity (Wildman–Crippen MR) is 66.8 cm³/mol. The molecule has 0 bridgehead atoms. The van der Waals surface area contributed by atoms with Crippen LogP contribution >= 0.6 is 11.8 Å². The number of furan rings is 1. The molecule has 0 amide bonds. The Labute approximate surface area is 108 Å². The number of hydrogen-bond acceptors (Lipinski definition) is 3. The van der Waals surface area contributed by atoms with Gasteiger partial charge in [-0.3, -0.25) is 0 Å². The maximum Gasteiger partial charge on any atom is 0.387 e. The van der Waals surface area contributed by atoms with Gasteiger partial charge in [0.15, 0.2) is 0 Å². The van der Waals surface area contributed by atoms with Crippen molar-refractivity contribution < 1.29 is 17.9 Å². The summed E-state index contributed by atoms with van der Waals surface area (Å²) >= 11 is 1.59. The average Bonchev–Trinajstić information content (AvgIpc) is 2.84. The Bertz CT molecular complexity index is 472. The summed E-state index contributed by atoms with van der Waals surface area (Å²) in [5, 5.41) is 0. The minimum Gasteiger partial charge on any atom is -0.468 e. The summed E-state index contributed by atoms with van der Waals surface area (Å²) in [5.41, 5.74) is 0.759. The molecular weight excluding hydrogens is 258 g/mol. The van der Waals surface area contributed by atoms with E-state index < -0.39 is 6.61 Å². The third-order valence-corrected chi connectivity index (χ3v) is 3.27. The molecule has 18 heavy (non-hydrogen) atoms. The van der Waals surface area contributed by atoms with Crippen LogP contribution in [-0.4, -0.2) is 6.61 Å². The van der Waals surface area contributed by atoms with Crippen LogP contribution in [0.15, 0.2) is 47.1 Å². The molecule has 0 spiro atoms. The highest BCUT2D eigenvalue weighted by Gasteiger charge is 2.09. The molecule has 5 heteroatoms. The van der Waals surface area contributed by atoms with Crippen molar-refractivity contribution in [3.63, 3.8) is 0 Å². The molecule has 1 aromatic heterocycles. The molecule has 2 aromatic rings. The van der Waals surface area contributed by atoms with Gasteiger partial charge in [0.1, 0.15) is 11.5 Å². The molecule has 0 saturated heterocycles. The summed E-state index contributed by atoms with van der Waals surface area (Å²) in [5.74, 6) is 2.41. The van der Waals surface area contributed by atoms with E-state index in [0.29, 0.717) is 11.5 Å². The van der Waals surface area contributed by atoms with E-state index in [9.17, 15) is 8.78 Å². The van der Waals surface area contributed by atoms with Gasteiger partial charge >= 0.3 is 6.61 Å². The molecule has 0 saturated carbocycles. The molecule has 0 aliphatic carbocycles. The highest BCUT2D eigenvalue weighted by atomic mass is 32.2. The van der Waals surface area contributed by atoms with Gasteiger partial charge < -0.3 is 9.15 Å². The van der Waals surface area contributed by atoms with E-state index in [4.69, 9.17) is 4.42 Å². The lowest BCUT2D eigenvalue weighted by molar-refractivity contribution is -0.0503. The Morgan fingerprint density at radius 2 is 1.94 bits per heavy atom. The first kappa shape index (κ1) is 13.0. The van der Waals surface area contributed by atoms with E-state index in [-0.39, 0.29) is 5.75 Å². The summed E-state index contributed by atoms with van der Waals surface area (Å²) in [4.78, 5) is 0. The molecule has 0 atom stereocenters. The summed E-state index contributed by atoms with van der Waals surface area (Å²) in [6, 6.07) is 10.5. The molecule has 96 valence electrons. The van der Waals surface area contributed by atoms with Crippen molar-refractivity contribution in [2.45, 2.75) is 18.1 Å². The Balaban J connectivity index is 1.92. The molecule has 0 N–H and O–H groups in total. The van der Waals surface area contributed by atoms with Crippen molar-refractivity contribution in [2.24, 2.45) is 0 Å². The van der Waals surface area contributed by atoms with E-state index in [0.717, 1.165) is 11.3 Å². The number of halogens is 2. The zero-order chi connectivity index (χ0) is 12.8. The second kappa shape index (κ2) is 6.44. The highest BCUT2D eigenvalue weighted by molar-refractivity contribution is 7.97. The molecule has 1 heterocycles. The van der Waals surface area contributed by atoms with Crippen molar-refractivity contribution >= 4 is 11.8 Å². The Hall–Kier alpha value is -1.49. The maximum atomic E-state index is 12.2. The van der Waals surface area contributed by atoms with Crippen LogP contribution in [0.4, 0.5) is 8.78 Å². The molecule has 0 unspecified atom stereocenters. The van der Waals surface area contributed by atoms with E-state index >= 15 is 0 Å². The van der Waals surface area contributed by atoms with Gasteiger partial charge in [0.25, 0.3) is 0 Å². The summed E-state index contributed by atoms with van der Waals surface area (Å²) in [6.07, 6.45) is 1.61. The van der Waals surface area contributed by atoms with Crippen molar-refractivity contribution in [3.8, 4) is 5.75 Å². The van der Waals surface area contributed by atoms with Crippen molar-refractivity contribution in [1.82, 2.24) is 0 Å². The fourth-order valence-corrected chi connectivity index (χ4v) is 2.42. The molecule has 2 nitrogen and oxygen atoms in total. The van der Waals surface area contributed by atoms with Crippen LogP contribution in [0.25, 0.3) is 0 Å². The van der Waals surface area contributed by atoms with Gasteiger partial charge in [0.05, 0.1) is 12.0 Å². The lowest BCUT2D eigenvalue weighted by Crippen LogP contribution is -2.03. The van der Waals surface area contributed by atoms with E-state index in [1.54, 1.807) is 42.3 Å². The SMILES string of the molecule is FC(F)Oc1ccccc1CSCc1ccco1. The van der Waals surface area contributed by atoms with Gasteiger partial charge in [0.2, 0.25) is 0 Å². The van der Waals surface area contributed by atoms with Gasteiger partial charge in [-0.2, -0.15) is 8.78 Å². The van der Waals surface area contributed by atoms with Crippen molar-refractivity contribution in [2.75, 3.05) is 0 Å². The predicted octanol–water partition coefficient (Wildman–Crippen LogP) is 4.31. The number of alkyl halides is 2. The summed E-state index contributed by atoms with van der Waals surface area (Å²) in [6.45, 7) is -2.79. The average molecular weight is 270 g/mol. The number of hydrogen-bond donors (Lipinski definition) is 0. The fraction of sp³-hybridized carbons (Fsp3) is 0.231. The Kier molecular flexibility index (Phi) is 4.64. The molecule has 0 aliphatic heterocycles. The summed E-state index contributed by atoms with van der Waals surface area (Å²) in [7, 11) is 0. The zero-order valence-electron chi connectivity index (χ0n) is 9.51. The lowest BCUT2D eigenvalue weighted by atomic mass is 10.2. The lowest BCUT2D eigenvalue weighted by Gasteiger charge is -2.09. The highest BCUT2D eigenvalue weighted by Crippen LogP contribution is 2.26. The van der Waals surface area contributed by atoms with E-state index in [1.807, 2.05) is 12.1 Å². The standard InChI is InChI=1S/C13H12F2O2S/c14-13(15)17-12-6-2-1-4-10(12)8-18-9-11-5-3-7-16-11/h1-7,13H,8-9H2. The third-order valence-electron chi connectivity index (χ3n) is 2.27. The summed E-state index contributed by atoms with van der Waals surface area (Å²) < 4.78 is 34.1. The van der Waals surface area contributed by atoms with Crippen LogP contribution in [0.2, 0.25) is 0 Å². The van der Waals surface area contributed by atoms with Gasteiger partial charge in [-0.05, 0) is 18.2 Å². The number of para-hydroxylation sites is 1. The van der Waals surface area contributed by atoms with Gasteiger partial charge in [0, 0.05) is 11.3 Å². The Morgan fingerprint density at radius 1 is 1.11 bits per heavy atom. The minimum absolute atomic E-state index is 0.236. The van der Waals surface area contributed by atoms with Crippen LogP contribution in [0, 0.1) is 0 Å². The van der Waals surface area contributed by atoms with Crippen LogP contribution in [0.1, 0.15) is 11.3 Å². The molecule has 0 radical (unpaired) electrons. The largest absolute Gasteiger partial charge is 0.468 e. The van der Waals surface area contributed by atoms with Gasteiger partial charge in [-0.15, -0.1) is 11.8 Å². The minimum atomic E-state index is -2.79. The van der Waals surface area contributed by atoms with Crippen molar-refractivity contribution in [1.29, 1.82) is 0 Å². The van der Waals surface area contributed by atoms with Crippen LogP contribution < -0.4 is 4.74 Å². The quantitative estimate of drug-likeness (QED) is 0.780. The van der Waals surface area contributed by atoms with Crippen LogP contribution in [0.3, 0.4) is 0 Å². The van der Waals surface area contributed by atoms with E-state index in [1.165, 1.54) is 0 Å². The second-order valence-corrected chi connectivity index (χ2v) is 4.54. The normalized spacial score (nSPS) is 10.8. The Morgan fingerprint density at radius 3 is 2.67 bits per heavy atom. The first-order valence-corrected chi connectivity index (χ1v) is 6.54. The first-order valence-electron chi connectivity index (χ1n) is 5.38. The smallest absolute Gasteiger partial charge is 0.387 e. The van der Waals surface area contributed by atoms with Crippen LogP contribution in [0.5, 0.6) is 5.75 Å². The topological polar surface area (TPSA) is 22.4 Å². The molecule has 0 aliphatic rings. The van der Waals surface area contributed by atoms with Gasteiger partial charge in [-0.25, -0.2) is 0 Å². The van der Waals surface area contributed by atoms with Crippen molar-refractivity contribution in [3.05, 3.63) is 54.0 Å². The van der Waals surface area contributed by atoms with Crippen LogP contribution in [-0.2, 0) is 11.5 Å². The maximum absolute atomic E-state index is 12.2. The molecule has 0 fully saturated rings. The number of ether oxygens (including phenoxy) is 1. The van der Waals surface area contributed by atoms with E-state index in [2.05, 4.69) is 4.74 Å². The third kappa shape index (κ3) is 3.77. The monoisotopic (exact) mass is 270 g/mol.